The maximum atomic E-state index is 13.1. The van der Waals surface area contributed by atoms with Gasteiger partial charge in [0, 0.05) is 10.6 Å². The molecule has 5 nitrogen and oxygen atoms in total. The number of carbonyl (C=O) groups excluding carboxylic acids is 2. The van der Waals surface area contributed by atoms with Crippen molar-refractivity contribution >= 4 is 28.8 Å². The zero-order valence-corrected chi connectivity index (χ0v) is 15.2. The molecule has 0 radical (unpaired) electrons. The number of thiophene rings is 1. The second-order valence-corrected chi connectivity index (χ2v) is 7.81. The highest BCUT2D eigenvalue weighted by atomic mass is 32.1. The predicted octanol–water partition coefficient (Wildman–Crippen LogP) is 0.920. The summed E-state index contributed by atoms with van der Waals surface area (Å²) in [5.41, 5.74) is 0.999. The molecule has 4 rings (SSSR count). The number of carbonyl (C=O) groups is 2. The number of amides is 2. The summed E-state index contributed by atoms with van der Waals surface area (Å²) in [7, 11) is 0. The van der Waals surface area contributed by atoms with Crippen LogP contribution in [0.25, 0.3) is 0 Å². The average Bonchev–Trinajstić information content (AvgIpc) is 3.26. The number of imide groups is 1. The molecule has 2 fully saturated rings. The SMILES string of the molecule is O=C1C[C@@H]([NH+]2CCN(c3ccc(F)cc3)CC2)C(=O)N1Cc1cccs1. The van der Waals surface area contributed by atoms with Gasteiger partial charge >= 0.3 is 0 Å². The number of hydrogen-bond donors (Lipinski definition) is 1. The molecular weight excluding hydrogens is 353 g/mol. The van der Waals surface area contributed by atoms with Crippen molar-refractivity contribution in [2.45, 2.75) is 19.0 Å². The molecule has 0 unspecified atom stereocenters. The van der Waals surface area contributed by atoms with Gasteiger partial charge in [0.2, 0.25) is 5.91 Å². The minimum Gasteiger partial charge on any atom is -0.360 e. The number of nitrogens with one attached hydrogen (secondary N) is 1. The van der Waals surface area contributed by atoms with Crippen LogP contribution in [0.3, 0.4) is 0 Å². The number of quaternary nitrogens is 1. The zero-order valence-electron chi connectivity index (χ0n) is 14.4. The Hall–Kier alpha value is -2.25. The Morgan fingerprint density at radius 1 is 1.12 bits per heavy atom. The number of benzene rings is 1. The van der Waals surface area contributed by atoms with Crippen molar-refractivity contribution in [3.63, 3.8) is 0 Å². The molecule has 26 heavy (non-hydrogen) atoms. The van der Waals surface area contributed by atoms with E-state index in [2.05, 4.69) is 4.90 Å². The van der Waals surface area contributed by atoms with E-state index in [4.69, 9.17) is 0 Å². The lowest BCUT2D eigenvalue weighted by Crippen LogP contribution is -3.19. The summed E-state index contributed by atoms with van der Waals surface area (Å²) in [6.45, 7) is 3.58. The molecule has 7 heteroatoms. The number of nitrogens with zero attached hydrogens (tertiary/aromatic N) is 2. The molecule has 0 spiro atoms. The van der Waals surface area contributed by atoms with Gasteiger partial charge < -0.3 is 9.80 Å². The van der Waals surface area contributed by atoms with Crippen molar-refractivity contribution in [2.75, 3.05) is 31.1 Å². The highest BCUT2D eigenvalue weighted by Gasteiger charge is 2.45. The second-order valence-electron chi connectivity index (χ2n) is 6.78. The first-order valence-electron chi connectivity index (χ1n) is 8.83. The first-order chi connectivity index (χ1) is 12.6. The summed E-state index contributed by atoms with van der Waals surface area (Å²) in [6, 6.07) is 10.1. The van der Waals surface area contributed by atoms with Crippen LogP contribution in [0.15, 0.2) is 41.8 Å². The minimum absolute atomic E-state index is 0.0476. The van der Waals surface area contributed by atoms with Crippen LogP contribution in [0, 0.1) is 5.82 Å². The van der Waals surface area contributed by atoms with E-state index in [1.54, 1.807) is 23.5 Å². The van der Waals surface area contributed by atoms with Crippen LogP contribution in [0.1, 0.15) is 11.3 Å². The zero-order chi connectivity index (χ0) is 18.1. The Kier molecular flexibility index (Phi) is 4.74. The third-order valence-electron chi connectivity index (χ3n) is 5.23. The maximum Gasteiger partial charge on any atom is 0.288 e. The molecule has 0 saturated carbocycles. The third-order valence-corrected chi connectivity index (χ3v) is 6.09. The van der Waals surface area contributed by atoms with Crippen molar-refractivity contribution in [3.8, 4) is 0 Å². The number of rotatable bonds is 4. The fraction of sp³-hybridized carbons (Fsp3) is 0.368. The van der Waals surface area contributed by atoms with Gasteiger partial charge in [-0.3, -0.25) is 14.5 Å². The lowest BCUT2D eigenvalue weighted by Gasteiger charge is -2.35. The number of piperazine rings is 1. The van der Waals surface area contributed by atoms with Crippen molar-refractivity contribution in [1.82, 2.24) is 4.90 Å². The fourth-order valence-corrected chi connectivity index (χ4v) is 4.47. The van der Waals surface area contributed by atoms with Crippen molar-refractivity contribution in [1.29, 1.82) is 0 Å². The topological polar surface area (TPSA) is 45.1 Å². The minimum atomic E-state index is -0.266. The molecule has 1 N–H and O–H groups in total. The molecule has 1 aromatic heterocycles. The lowest BCUT2D eigenvalue weighted by atomic mass is 10.1. The molecule has 2 aliphatic heterocycles. The molecule has 136 valence electrons. The third kappa shape index (κ3) is 3.37. The van der Waals surface area contributed by atoms with Crippen LogP contribution in [0.4, 0.5) is 10.1 Å². The monoisotopic (exact) mass is 374 g/mol. The molecule has 1 atom stereocenters. The quantitative estimate of drug-likeness (QED) is 0.810. The van der Waals surface area contributed by atoms with Gasteiger partial charge in [0.15, 0.2) is 6.04 Å². The van der Waals surface area contributed by atoms with Crippen molar-refractivity contribution in [2.24, 2.45) is 0 Å². The number of halogens is 1. The van der Waals surface area contributed by atoms with Gasteiger partial charge in [-0.25, -0.2) is 4.39 Å². The number of likely N-dealkylation sites (tertiary alicyclic amines) is 1. The standard InChI is InChI=1S/C19H20FN3O2S/c20-14-3-5-15(6-4-14)21-7-9-22(10-8-21)17-12-18(24)23(19(17)25)13-16-2-1-11-26-16/h1-6,11,17H,7-10,12-13H2/p+1/t17-/m1/s1. The number of hydrogen-bond acceptors (Lipinski definition) is 4. The summed E-state index contributed by atoms with van der Waals surface area (Å²) in [4.78, 5) is 30.9. The summed E-state index contributed by atoms with van der Waals surface area (Å²) in [6.07, 6.45) is 0.302. The Bertz CT molecular complexity index is 786. The van der Waals surface area contributed by atoms with Crippen LogP contribution in [0.5, 0.6) is 0 Å². The van der Waals surface area contributed by atoms with Gasteiger partial charge in [-0.05, 0) is 35.7 Å². The van der Waals surface area contributed by atoms with Gasteiger partial charge in [-0.1, -0.05) is 6.07 Å². The van der Waals surface area contributed by atoms with E-state index in [1.807, 2.05) is 17.5 Å². The summed E-state index contributed by atoms with van der Waals surface area (Å²) >= 11 is 1.56. The Balaban J connectivity index is 1.37. The fourth-order valence-electron chi connectivity index (χ4n) is 3.78. The van der Waals surface area contributed by atoms with E-state index < -0.39 is 0 Å². The molecule has 3 heterocycles. The highest BCUT2D eigenvalue weighted by molar-refractivity contribution is 7.09. The summed E-state index contributed by atoms with van der Waals surface area (Å²) in [5.74, 6) is -0.352. The van der Waals surface area contributed by atoms with E-state index in [0.717, 1.165) is 36.7 Å². The van der Waals surface area contributed by atoms with E-state index in [0.29, 0.717) is 13.0 Å². The van der Waals surface area contributed by atoms with Gasteiger partial charge in [-0.2, -0.15) is 0 Å². The summed E-state index contributed by atoms with van der Waals surface area (Å²) in [5, 5.41) is 1.96. The molecule has 0 bridgehead atoms. The van der Waals surface area contributed by atoms with Gasteiger partial charge in [0.25, 0.3) is 5.91 Å². The van der Waals surface area contributed by atoms with Crippen LogP contribution in [-0.4, -0.2) is 48.9 Å². The summed E-state index contributed by atoms with van der Waals surface area (Å²) < 4.78 is 13.1. The normalized spacial score (nSPS) is 21.7. The smallest absolute Gasteiger partial charge is 0.288 e. The van der Waals surface area contributed by atoms with E-state index in [-0.39, 0.29) is 23.7 Å². The van der Waals surface area contributed by atoms with Crippen molar-refractivity contribution < 1.29 is 18.9 Å². The maximum absolute atomic E-state index is 13.1. The Morgan fingerprint density at radius 2 is 1.85 bits per heavy atom. The van der Waals surface area contributed by atoms with Crippen LogP contribution < -0.4 is 9.80 Å². The molecule has 2 aliphatic rings. The average molecular weight is 374 g/mol. The molecule has 2 aromatic rings. The van der Waals surface area contributed by atoms with Gasteiger partial charge in [0.05, 0.1) is 39.1 Å². The molecule has 2 amide bonds. The Morgan fingerprint density at radius 3 is 2.50 bits per heavy atom. The first-order valence-corrected chi connectivity index (χ1v) is 9.71. The molecule has 1 aromatic carbocycles. The lowest BCUT2D eigenvalue weighted by molar-refractivity contribution is -0.915. The predicted molar refractivity (Wildman–Crippen MR) is 97.6 cm³/mol. The molecule has 2 saturated heterocycles. The molecule has 0 aliphatic carbocycles. The van der Waals surface area contributed by atoms with Crippen LogP contribution in [0.2, 0.25) is 0 Å². The van der Waals surface area contributed by atoms with E-state index in [1.165, 1.54) is 21.9 Å². The van der Waals surface area contributed by atoms with Gasteiger partial charge in [0.1, 0.15) is 5.82 Å². The molecular formula is C19H21FN3O2S+. The van der Waals surface area contributed by atoms with Crippen molar-refractivity contribution in [3.05, 3.63) is 52.5 Å². The van der Waals surface area contributed by atoms with E-state index >= 15 is 0 Å². The van der Waals surface area contributed by atoms with Crippen LogP contribution >= 0.6 is 11.3 Å². The van der Waals surface area contributed by atoms with Crippen LogP contribution in [-0.2, 0) is 16.1 Å². The largest absolute Gasteiger partial charge is 0.360 e. The first kappa shape index (κ1) is 17.2. The second kappa shape index (κ2) is 7.17. The van der Waals surface area contributed by atoms with Gasteiger partial charge in [-0.15, -0.1) is 11.3 Å². The highest BCUT2D eigenvalue weighted by Crippen LogP contribution is 2.19. The van der Waals surface area contributed by atoms with E-state index in [9.17, 15) is 14.0 Å². The number of anilines is 1. The Labute approximate surface area is 155 Å².